The van der Waals surface area contributed by atoms with E-state index in [0.29, 0.717) is 5.58 Å². The number of nitrogens with zero attached hydrogens (tertiary/aromatic N) is 1. The molecular formula is C15H14N2O2. The van der Waals surface area contributed by atoms with E-state index in [1.807, 2.05) is 24.3 Å². The monoisotopic (exact) mass is 254 g/mol. The summed E-state index contributed by atoms with van der Waals surface area (Å²) in [5.74, 6) is -0.0395. The van der Waals surface area contributed by atoms with Crippen LogP contribution in [0.2, 0.25) is 0 Å². The van der Waals surface area contributed by atoms with Gasteiger partial charge >= 0.3 is 0 Å². The number of hydrogen-bond acceptors (Lipinski definition) is 3. The molecule has 3 rings (SSSR count). The van der Waals surface area contributed by atoms with E-state index in [1.54, 1.807) is 6.07 Å². The Hall–Kier alpha value is -2.28. The second kappa shape index (κ2) is 4.43. The number of fused-ring (bicyclic) bond motifs is 1. The number of nitrogens with one attached hydrogen (secondary N) is 1. The van der Waals surface area contributed by atoms with Crippen LogP contribution in [0.4, 0.5) is 0 Å². The second-order valence-electron chi connectivity index (χ2n) is 5.00. The van der Waals surface area contributed by atoms with Gasteiger partial charge in [-0.15, -0.1) is 0 Å². The van der Waals surface area contributed by atoms with Gasteiger partial charge in [-0.2, -0.15) is 5.26 Å². The summed E-state index contributed by atoms with van der Waals surface area (Å²) < 4.78 is 5.51. The Morgan fingerprint density at radius 3 is 2.74 bits per heavy atom. The molecule has 0 atom stereocenters. The number of amides is 1. The third-order valence-electron chi connectivity index (χ3n) is 3.67. The summed E-state index contributed by atoms with van der Waals surface area (Å²) in [6.45, 7) is 0. The number of furan rings is 1. The fourth-order valence-corrected chi connectivity index (χ4v) is 2.62. The Bertz CT molecular complexity index is 627. The van der Waals surface area contributed by atoms with Gasteiger partial charge in [0.1, 0.15) is 11.1 Å². The maximum atomic E-state index is 12.2. The summed E-state index contributed by atoms with van der Waals surface area (Å²) in [5.41, 5.74) is -0.0270. The summed E-state index contributed by atoms with van der Waals surface area (Å²) in [6.07, 6.45) is 3.40. The molecule has 4 nitrogen and oxygen atoms in total. The van der Waals surface area contributed by atoms with Crippen molar-refractivity contribution < 1.29 is 9.21 Å². The van der Waals surface area contributed by atoms with Gasteiger partial charge in [0, 0.05) is 5.39 Å². The lowest BCUT2D eigenvalue weighted by molar-refractivity contribution is 0.0894. The average Bonchev–Trinajstić information content (AvgIpc) is 3.05. The lowest BCUT2D eigenvalue weighted by Crippen LogP contribution is -2.44. The van der Waals surface area contributed by atoms with Crippen LogP contribution in [-0.4, -0.2) is 11.4 Å². The highest BCUT2D eigenvalue weighted by Crippen LogP contribution is 2.29. The van der Waals surface area contributed by atoms with Crippen LogP contribution in [0.3, 0.4) is 0 Å². The fourth-order valence-electron chi connectivity index (χ4n) is 2.62. The largest absolute Gasteiger partial charge is 0.451 e. The zero-order valence-corrected chi connectivity index (χ0v) is 10.5. The fraction of sp³-hybridized carbons (Fsp3) is 0.333. The molecule has 1 fully saturated rings. The molecule has 2 aromatic rings. The first-order valence-corrected chi connectivity index (χ1v) is 6.45. The Morgan fingerprint density at radius 1 is 1.32 bits per heavy atom. The zero-order chi connectivity index (χ0) is 13.3. The van der Waals surface area contributed by atoms with Crippen LogP contribution in [0.15, 0.2) is 34.7 Å². The summed E-state index contributed by atoms with van der Waals surface area (Å²) in [7, 11) is 0. The van der Waals surface area contributed by atoms with Crippen molar-refractivity contribution in [1.82, 2.24) is 5.32 Å². The summed E-state index contributed by atoms with van der Waals surface area (Å²) in [6, 6.07) is 11.4. The Morgan fingerprint density at radius 2 is 2.05 bits per heavy atom. The molecule has 1 aliphatic carbocycles. The zero-order valence-electron chi connectivity index (χ0n) is 10.5. The van der Waals surface area contributed by atoms with Crippen molar-refractivity contribution in [3.63, 3.8) is 0 Å². The molecule has 0 unspecified atom stereocenters. The van der Waals surface area contributed by atoms with Crippen LogP contribution >= 0.6 is 0 Å². The molecule has 1 saturated carbocycles. The number of carbonyl (C=O) groups is 1. The molecule has 96 valence electrons. The van der Waals surface area contributed by atoms with Gasteiger partial charge in [-0.25, -0.2) is 0 Å². The number of hydrogen-bond donors (Lipinski definition) is 1. The number of para-hydroxylation sites is 1. The maximum absolute atomic E-state index is 12.2. The first kappa shape index (κ1) is 11.8. The maximum Gasteiger partial charge on any atom is 0.288 e. The molecule has 1 aliphatic rings. The van der Waals surface area contributed by atoms with E-state index in [4.69, 9.17) is 4.42 Å². The topological polar surface area (TPSA) is 66.0 Å². The number of carbonyl (C=O) groups excluding carboxylic acids is 1. The highest BCUT2D eigenvalue weighted by molar-refractivity contribution is 5.96. The molecule has 0 saturated heterocycles. The molecule has 1 heterocycles. The first-order valence-electron chi connectivity index (χ1n) is 6.45. The van der Waals surface area contributed by atoms with Crippen molar-refractivity contribution in [1.29, 1.82) is 5.26 Å². The van der Waals surface area contributed by atoms with Crippen molar-refractivity contribution in [3.8, 4) is 6.07 Å². The van der Waals surface area contributed by atoms with Gasteiger partial charge in [-0.1, -0.05) is 18.2 Å². The van der Waals surface area contributed by atoms with Crippen molar-refractivity contribution >= 4 is 16.9 Å². The number of benzene rings is 1. The molecule has 1 amide bonds. The molecule has 0 spiro atoms. The predicted octanol–water partition coefficient (Wildman–Crippen LogP) is 3.00. The molecule has 1 aromatic heterocycles. The van der Waals surface area contributed by atoms with Crippen molar-refractivity contribution in [3.05, 3.63) is 36.1 Å². The van der Waals surface area contributed by atoms with Gasteiger partial charge in [0.2, 0.25) is 0 Å². The van der Waals surface area contributed by atoms with Gasteiger partial charge < -0.3 is 9.73 Å². The lowest BCUT2D eigenvalue weighted by Gasteiger charge is -2.20. The van der Waals surface area contributed by atoms with E-state index >= 15 is 0 Å². The van der Waals surface area contributed by atoms with Crippen LogP contribution in [0.5, 0.6) is 0 Å². The van der Waals surface area contributed by atoms with Crippen LogP contribution in [-0.2, 0) is 0 Å². The third kappa shape index (κ3) is 2.08. The van der Waals surface area contributed by atoms with Crippen molar-refractivity contribution in [2.45, 2.75) is 31.2 Å². The summed E-state index contributed by atoms with van der Waals surface area (Å²) in [5, 5.41) is 13.0. The minimum absolute atomic E-state index is 0.266. The SMILES string of the molecule is N#CC1(NC(=O)c2cc3ccccc3o2)CCCC1. The average molecular weight is 254 g/mol. The summed E-state index contributed by atoms with van der Waals surface area (Å²) in [4.78, 5) is 12.2. The normalized spacial score (nSPS) is 17.2. The Labute approximate surface area is 111 Å². The van der Waals surface area contributed by atoms with E-state index < -0.39 is 5.54 Å². The molecule has 1 N–H and O–H groups in total. The molecule has 4 heteroatoms. The second-order valence-corrected chi connectivity index (χ2v) is 5.00. The van der Waals surface area contributed by atoms with Gasteiger partial charge in [-0.3, -0.25) is 4.79 Å². The van der Waals surface area contributed by atoms with Gasteiger partial charge in [-0.05, 0) is 37.8 Å². The van der Waals surface area contributed by atoms with Crippen LogP contribution in [0.25, 0.3) is 11.0 Å². The molecule has 19 heavy (non-hydrogen) atoms. The van der Waals surface area contributed by atoms with Gasteiger partial charge in [0.05, 0.1) is 6.07 Å². The standard InChI is InChI=1S/C15H14N2O2/c16-10-15(7-3-4-8-15)17-14(18)13-9-11-5-1-2-6-12(11)19-13/h1-2,5-6,9H,3-4,7-8H2,(H,17,18). The van der Waals surface area contributed by atoms with E-state index in [2.05, 4.69) is 11.4 Å². The molecule has 0 aliphatic heterocycles. The summed E-state index contributed by atoms with van der Waals surface area (Å²) >= 11 is 0. The smallest absolute Gasteiger partial charge is 0.288 e. The Kier molecular flexibility index (Phi) is 2.75. The number of rotatable bonds is 2. The lowest BCUT2D eigenvalue weighted by atomic mass is 10.00. The minimum Gasteiger partial charge on any atom is -0.451 e. The minimum atomic E-state index is -0.712. The van der Waals surface area contributed by atoms with E-state index in [9.17, 15) is 10.1 Å². The molecule has 0 radical (unpaired) electrons. The van der Waals surface area contributed by atoms with Gasteiger partial charge in [0.15, 0.2) is 5.76 Å². The van der Waals surface area contributed by atoms with Crippen LogP contribution in [0.1, 0.15) is 36.2 Å². The van der Waals surface area contributed by atoms with E-state index in [-0.39, 0.29) is 11.7 Å². The predicted molar refractivity (Wildman–Crippen MR) is 70.5 cm³/mol. The van der Waals surface area contributed by atoms with Crippen molar-refractivity contribution in [2.24, 2.45) is 0 Å². The first-order chi connectivity index (χ1) is 9.22. The van der Waals surface area contributed by atoms with Gasteiger partial charge in [0.25, 0.3) is 5.91 Å². The van der Waals surface area contributed by atoms with Crippen LogP contribution in [0, 0.1) is 11.3 Å². The highest BCUT2D eigenvalue weighted by atomic mass is 16.3. The van der Waals surface area contributed by atoms with Crippen LogP contribution < -0.4 is 5.32 Å². The Balaban J connectivity index is 1.86. The molecular weight excluding hydrogens is 240 g/mol. The quantitative estimate of drug-likeness (QED) is 0.895. The molecule has 1 aromatic carbocycles. The van der Waals surface area contributed by atoms with Crippen molar-refractivity contribution in [2.75, 3.05) is 0 Å². The number of nitriles is 1. The van der Waals surface area contributed by atoms with E-state index in [0.717, 1.165) is 31.1 Å². The molecule has 0 bridgehead atoms. The highest BCUT2D eigenvalue weighted by Gasteiger charge is 2.36. The third-order valence-corrected chi connectivity index (χ3v) is 3.67. The van der Waals surface area contributed by atoms with E-state index in [1.165, 1.54) is 0 Å².